The van der Waals surface area contributed by atoms with Crippen molar-refractivity contribution in [3.8, 4) is 11.6 Å². The molecule has 0 aliphatic rings. The lowest BCUT2D eigenvalue weighted by atomic mass is 9.92. The molecule has 2 aromatic rings. The first-order chi connectivity index (χ1) is 9.43. The van der Waals surface area contributed by atoms with Crippen molar-refractivity contribution in [3.63, 3.8) is 0 Å². The quantitative estimate of drug-likeness (QED) is 0.790. The first-order valence-corrected chi connectivity index (χ1v) is 7.87. The molecule has 0 spiro atoms. The summed E-state index contributed by atoms with van der Waals surface area (Å²) in [5.74, 6) is 2.23. The highest BCUT2D eigenvalue weighted by molar-refractivity contribution is 14.1. The minimum atomic E-state index is -0.0382. The predicted octanol–water partition coefficient (Wildman–Crippen LogP) is 4.46. The molecule has 1 N–H and O–H groups in total. The standard InChI is InChI=1S/C15H20IN3O/c1-5-8-17-14-11(16)12(15(2,3)4)18-13(19-14)10-7-6-9-20-10/h6-7,9H,5,8H2,1-4H3,(H,17,18,19). The van der Waals surface area contributed by atoms with Crippen LogP contribution in [0.25, 0.3) is 11.6 Å². The molecule has 0 bridgehead atoms. The molecule has 0 saturated heterocycles. The summed E-state index contributed by atoms with van der Waals surface area (Å²) in [4.78, 5) is 9.31. The summed E-state index contributed by atoms with van der Waals surface area (Å²) in [7, 11) is 0. The van der Waals surface area contributed by atoms with Crippen molar-refractivity contribution >= 4 is 28.4 Å². The first kappa shape index (κ1) is 15.3. The first-order valence-electron chi connectivity index (χ1n) is 6.79. The molecule has 0 atom stereocenters. The van der Waals surface area contributed by atoms with E-state index in [2.05, 4.69) is 60.6 Å². The lowest BCUT2D eigenvalue weighted by Gasteiger charge is -2.21. The number of nitrogens with zero attached hydrogens (tertiary/aromatic N) is 2. The molecule has 0 fully saturated rings. The van der Waals surface area contributed by atoms with Crippen LogP contribution >= 0.6 is 22.6 Å². The van der Waals surface area contributed by atoms with Crippen LogP contribution in [0.5, 0.6) is 0 Å². The van der Waals surface area contributed by atoms with Gasteiger partial charge < -0.3 is 9.73 Å². The van der Waals surface area contributed by atoms with Crippen LogP contribution in [0, 0.1) is 3.57 Å². The Labute approximate surface area is 133 Å². The third-order valence-electron chi connectivity index (χ3n) is 2.85. The highest BCUT2D eigenvalue weighted by Crippen LogP contribution is 2.31. The number of hydrogen-bond acceptors (Lipinski definition) is 4. The summed E-state index contributed by atoms with van der Waals surface area (Å²) in [5.41, 5.74) is 1.00. The molecule has 5 heteroatoms. The van der Waals surface area contributed by atoms with E-state index in [1.165, 1.54) is 0 Å². The Balaban J connectivity index is 2.54. The van der Waals surface area contributed by atoms with Gasteiger partial charge in [0.1, 0.15) is 5.82 Å². The highest BCUT2D eigenvalue weighted by Gasteiger charge is 2.24. The number of rotatable bonds is 4. The fourth-order valence-corrected chi connectivity index (χ4v) is 3.06. The van der Waals surface area contributed by atoms with Crippen molar-refractivity contribution in [2.24, 2.45) is 0 Å². The normalized spacial score (nSPS) is 11.7. The van der Waals surface area contributed by atoms with E-state index < -0.39 is 0 Å². The molecule has 0 aliphatic heterocycles. The van der Waals surface area contributed by atoms with E-state index in [1.807, 2.05) is 12.1 Å². The van der Waals surface area contributed by atoms with E-state index in [-0.39, 0.29) is 5.41 Å². The number of hydrogen-bond donors (Lipinski definition) is 1. The van der Waals surface area contributed by atoms with Crippen molar-refractivity contribution in [2.45, 2.75) is 39.5 Å². The van der Waals surface area contributed by atoms with Crippen molar-refractivity contribution in [2.75, 3.05) is 11.9 Å². The summed E-state index contributed by atoms with van der Waals surface area (Å²) in [6.07, 6.45) is 2.70. The summed E-state index contributed by atoms with van der Waals surface area (Å²) in [5, 5.41) is 3.38. The minimum Gasteiger partial charge on any atom is -0.461 e. The van der Waals surface area contributed by atoms with E-state index in [0.717, 1.165) is 28.0 Å². The van der Waals surface area contributed by atoms with Crippen LogP contribution in [-0.4, -0.2) is 16.5 Å². The van der Waals surface area contributed by atoms with Crippen molar-refractivity contribution < 1.29 is 4.42 Å². The molecule has 20 heavy (non-hydrogen) atoms. The molecule has 0 aromatic carbocycles. The zero-order chi connectivity index (χ0) is 14.8. The van der Waals surface area contributed by atoms with E-state index in [0.29, 0.717) is 11.6 Å². The number of nitrogens with one attached hydrogen (secondary N) is 1. The Morgan fingerprint density at radius 2 is 2.05 bits per heavy atom. The zero-order valence-corrected chi connectivity index (χ0v) is 14.5. The van der Waals surface area contributed by atoms with E-state index in [1.54, 1.807) is 6.26 Å². The Morgan fingerprint density at radius 3 is 2.60 bits per heavy atom. The fourth-order valence-electron chi connectivity index (χ4n) is 1.82. The Kier molecular flexibility index (Phi) is 4.67. The van der Waals surface area contributed by atoms with Gasteiger partial charge in [0.05, 0.1) is 15.5 Å². The SMILES string of the molecule is CCCNc1nc(-c2ccco2)nc(C(C)(C)C)c1I. The van der Waals surface area contributed by atoms with Crippen molar-refractivity contribution in [1.29, 1.82) is 0 Å². The largest absolute Gasteiger partial charge is 0.461 e. The summed E-state index contributed by atoms with van der Waals surface area (Å²) >= 11 is 2.32. The van der Waals surface area contributed by atoms with Gasteiger partial charge in [-0.05, 0) is 41.1 Å². The number of aromatic nitrogens is 2. The molecule has 2 heterocycles. The average Bonchev–Trinajstić information content (AvgIpc) is 2.90. The zero-order valence-electron chi connectivity index (χ0n) is 12.3. The van der Waals surface area contributed by atoms with Gasteiger partial charge in [-0.3, -0.25) is 0 Å². The Bertz CT molecular complexity index is 574. The van der Waals surface area contributed by atoms with Crippen LogP contribution < -0.4 is 5.32 Å². The van der Waals surface area contributed by atoms with Crippen LogP contribution in [0.15, 0.2) is 22.8 Å². The maximum absolute atomic E-state index is 5.43. The number of halogens is 1. The lowest BCUT2D eigenvalue weighted by molar-refractivity contribution is 0.554. The van der Waals surface area contributed by atoms with Crippen LogP contribution in [-0.2, 0) is 5.41 Å². The van der Waals surface area contributed by atoms with Gasteiger partial charge in [-0.15, -0.1) is 0 Å². The van der Waals surface area contributed by atoms with Crippen molar-refractivity contribution in [3.05, 3.63) is 27.7 Å². The molecule has 2 aromatic heterocycles. The molecular weight excluding hydrogens is 365 g/mol. The molecule has 0 amide bonds. The third kappa shape index (κ3) is 3.31. The Hall–Kier alpha value is -1.11. The van der Waals surface area contributed by atoms with E-state index in [9.17, 15) is 0 Å². The highest BCUT2D eigenvalue weighted by atomic mass is 127. The van der Waals surface area contributed by atoms with Crippen LogP contribution in [0.4, 0.5) is 5.82 Å². The lowest BCUT2D eigenvalue weighted by Crippen LogP contribution is -2.19. The molecule has 0 aliphatic carbocycles. The van der Waals surface area contributed by atoms with Gasteiger partial charge in [0.2, 0.25) is 0 Å². The van der Waals surface area contributed by atoms with Gasteiger partial charge in [-0.1, -0.05) is 27.7 Å². The van der Waals surface area contributed by atoms with Gasteiger partial charge >= 0.3 is 0 Å². The number of furan rings is 1. The minimum absolute atomic E-state index is 0.0382. The summed E-state index contributed by atoms with van der Waals surface area (Å²) in [6, 6.07) is 3.74. The maximum atomic E-state index is 5.43. The fraction of sp³-hybridized carbons (Fsp3) is 0.467. The molecule has 0 unspecified atom stereocenters. The van der Waals surface area contributed by atoms with Gasteiger partial charge in [0.25, 0.3) is 0 Å². The van der Waals surface area contributed by atoms with E-state index in [4.69, 9.17) is 9.40 Å². The second-order valence-electron chi connectivity index (χ2n) is 5.71. The third-order valence-corrected chi connectivity index (χ3v) is 3.87. The van der Waals surface area contributed by atoms with Crippen LogP contribution in [0.3, 0.4) is 0 Å². The van der Waals surface area contributed by atoms with Gasteiger partial charge in [0, 0.05) is 12.0 Å². The summed E-state index contributed by atoms with van der Waals surface area (Å²) in [6.45, 7) is 9.51. The molecule has 0 radical (unpaired) electrons. The molecule has 4 nitrogen and oxygen atoms in total. The monoisotopic (exact) mass is 385 g/mol. The van der Waals surface area contributed by atoms with Gasteiger partial charge in [0.15, 0.2) is 11.6 Å². The second kappa shape index (κ2) is 6.11. The molecular formula is C15H20IN3O. The van der Waals surface area contributed by atoms with Gasteiger partial charge in [-0.25, -0.2) is 9.97 Å². The second-order valence-corrected chi connectivity index (χ2v) is 6.79. The number of anilines is 1. The summed E-state index contributed by atoms with van der Waals surface area (Å²) < 4.78 is 6.51. The van der Waals surface area contributed by atoms with Crippen molar-refractivity contribution in [1.82, 2.24) is 9.97 Å². The van der Waals surface area contributed by atoms with Crippen LogP contribution in [0.1, 0.15) is 39.8 Å². The van der Waals surface area contributed by atoms with Crippen LogP contribution in [0.2, 0.25) is 0 Å². The Morgan fingerprint density at radius 1 is 1.30 bits per heavy atom. The van der Waals surface area contributed by atoms with E-state index >= 15 is 0 Å². The molecule has 2 rings (SSSR count). The smallest absolute Gasteiger partial charge is 0.197 e. The topological polar surface area (TPSA) is 51.0 Å². The maximum Gasteiger partial charge on any atom is 0.197 e. The average molecular weight is 385 g/mol. The predicted molar refractivity (Wildman–Crippen MR) is 89.9 cm³/mol. The molecule has 0 saturated carbocycles. The van der Waals surface area contributed by atoms with Gasteiger partial charge in [-0.2, -0.15) is 0 Å². The molecule has 108 valence electrons.